The summed E-state index contributed by atoms with van der Waals surface area (Å²) in [7, 11) is 6.39. The van der Waals surface area contributed by atoms with Crippen LogP contribution in [0.1, 0.15) is 127 Å². The molecular formula is C56H64N8O8. The lowest BCUT2D eigenvalue weighted by Gasteiger charge is -2.11. The molecule has 0 saturated heterocycles. The third-order valence-corrected chi connectivity index (χ3v) is 12.4. The molecule has 1 unspecified atom stereocenters. The molecule has 3 N–H and O–H groups in total. The maximum absolute atomic E-state index is 12.4. The number of hydrogen-bond donors (Lipinski definition) is 3. The van der Waals surface area contributed by atoms with E-state index in [2.05, 4.69) is 20.4 Å². The number of aromatic amines is 3. The lowest BCUT2D eigenvalue weighted by molar-refractivity contribution is -0.129. The van der Waals surface area contributed by atoms with Crippen LogP contribution in [0.2, 0.25) is 0 Å². The van der Waals surface area contributed by atoms with Gasteiger partial charge in [-0.2, -0.15) is 5.10 Å². The number of rotatable bonds is 8. The summed E-state index contributed by atoms with van der Waals surface area (Å²) in [6.45, 7) is 22.3. The van der Waals surface area contributed by atoms with E-state index in [0.29, 0.717) is 45.0 Å². The number of amides is 1. The van der Waals surface area contributed by atoms with Crippen LogP contribution in [0.3, 0.4) is 0 Å². The van der Waals surface area contributed by atoms with E-state index >= 15 is 0 Å². The molecule has 7 aromatic rings. The van der Waals surface area contributed by atoms with Crippen molar-refractivity contribution in [3.05, 3.63) is 204 Å². The van der Waals surface area contributed by atoms with Gasteiger partial charge in [0.15, 0.2) is 5.78 Å². The number of carbonyl (C=O) groups excluding carboxylic acids is 5. The molecule has 0 aliphatic carbocycles. The largest absolute Gasteiger partial charge is 0.299 e. The summed E-state index contributed by atoms with van der Waals surface area (Å²) in [5.74, 6) is -1.82. The standard InChI is InChI=1S/4C14H16N2O2/c4*1-8-5-6-11(9(2)7-8)13(17)12-10(3)15-16(4)14(12)18/h3*5-7,15H,1-4H3;5-7,12H,1-4H3. The summed E-state index contributed by atoms with van der Waals surface area (Å²) in [6, 6.07) is 22.4. The molecule has 4 heterocycles. The minimum absolute atomic E-state index is 0.164. The Morgan fingerprint density at radius 1 is 0.417 bits per heavy atom. The molecule has 4 aromatic carbocycles. The van der Waals surface area contributed by atoms with Gasteiger partial charge in [0, 0.05) is 67.5 Å². The van der Waals surface area contributed by atoms with E-state index in [1.807, 2.05) is 104 Å². The fraction of sp³-hybridized carbons (Fsp3) is 0.304. The summed E-state index contributed by atoms with van der Waals surface area (Å²) >= 11 is 0. The number of carbonyl (C=O) groups is 5. The van der Waals surface area contributed by atoms with E-state index in [0.717, 1.165) is 44.5 Å². The van der Waals surface area contributed by atoms with Gasteiger partial charge < -0.3 is 0 Å². The van der Waals surface area contributed by atoms with Crippen LogP contribution in [-0.2, 0) is 25.9 Å². The van der Waals surface area contributed by atoms with Crippen molar-refractivity contribution in [3.63, 3.8) is 0 Å². The Labute approximate surface area is 418 Å². The van der Waals surface area contributed by atoms with Gasteiger partial charge in [-0.25, -0.2) is 5.01 Å². The van der Waals surface area contributed by atoms with Crippen molar-refractivity contribution in [2.45, 2.75) is 83.1 Å². The first-order chi connectivity index (χ1) is 33.7. The van der Waals surface area contributed by atoms with Gasteiger partial charge in [-0.05, 0) is 105 Å². The number of aromatic nitrogens is 6. The van der Waals surface area contributed by atoms with Gasteiger partial charge in [0.05, 0.1) is 5.71 Å². The normalized spacial score (nSPS) is 12.8. The number of nitrogens with zero attached hydrogens (tertiary/aromatic N) is 5. The van der Waals surface area contributed by atoms with Gasteiger partial charge in [-0.3, -0.25) is 67.7 Å². The Morgan fingerprint density at radius 3 is 0.889 bits per heavy atom. The van der Waals surface area contributed by atoms with Crippen LogP contribution in [0.5, 0.6) is 0 Å². The molecule has 0 saturated carbocycles. The van der Waals surface area contributed by atoms with Crippen molar-refractivity contribution in [3.8, 4) is 0 Å². The van der Waals surface area contributed by atoms with Crippen LogP contribution in [0.25, 0.3) is 0 Å². The minimum Gasteiger partial charge on any atom is -0.299 e. The Kier molecular flexibility index (Phi) is 16.9. The van der Waals surface area contributed by atoms with Crippen molar-refractivity contribution in [1.29, 1.82) is 0 Å². The zero-order valence-electron chi connectivity index (χ0n) is 44.0. The smallest absolute Gasteiger partial charge is 0.277 e. The molecule has 0 bridgehead atoms. The number of ketones is 4. The average molecular weight is 977 g/mol. The number of nitrogens with one attached hydrogen (secondary N) is 3. The zero-order valence-corrected chi connectivity index (χ0v) is 44.0. The molecule has 1 aliphatic rings. The number of Topliss-reactive ketones (excluding diaryl/α,β-unsaturated/α-hetero) is 1. The maximum atomic E-state index is 12.4. The van der Waals surface area contributed by atoms with E-state index in [4.69, 9.17) is 0 Å². The van der Waals surface area contributed by atoms with Crippen molar-refractivity contribution in [1.82, 2.24) is 34.4 Å². The second kappa shape index (κ2) is 22.2. The van der Waals surface area contributed by atoms with Crippen LogP contribution in [0, 0.1) is 82.1 Å². The molecule has 8 rings (SSSR count). The second-order valence-electron chi connectivity index (χ2n) is 18.6. The van der Waals surface area contributed by atoms with Gasteiger partial charge in [-0.15, -0.1) is 0 Å². The zero-order chi connectivity index (χ0) is 53.8. The molecule has 3 aromatic heterocycles. The quantitative estimate of drug-likeness (QED) is 0.102. The lowest BCUT2D eigenvalue weighted by atomic mass is 9.91. The van der Waals surface area contributed by atoms with Crippen molar-refractivity contribution in [2.75, 3.05) is 7.05 Å². The highest BCUT2D eigenvalue weighted by molar-refractivity contribution is 6.26. The monoisotopic (exact) mass is 976 g/mol. The molecule has 1 amide bonds. The third kappa shape index (κ3) is 11.7. The minimum atomic E-state index is -0.753. The van der Waals surface area contributed by atoms with Gasteiger partial charge in [-0.1, -0.05) is 95.1 Å². The van der Waals surface area contributed by atoms with Crippen molar-refractivity contribution < 1.29 is 24.0 Å². The highest BCUT2D eigenvalue weighted by atomic mass is 16.2. The van der Waals surface area contributed by atoms with Crippen LogP contribution in [-0.4, -0.2) is 76.1 Å². The van der Waals surface area contributed by atoms with Crippen LogP contribution < -0.4 is 16.7 Å². The van der Waals surface area contributed by atoms with E-state index in [1.54, 1.807) is 80.2 Å². The molecule has 72 heavy (non-hydrogen) atoms. The first kappa shape index (κ1) is 54.7. The molecule has 0 radical (unpaired) electrons. The van der Waals surface area contributed by atoms with Gasteiger partial charge in [0.1, 0.15) is 22.6 Å². The molecule has 376 valence electrons. The predicted molar refractivity (Wildman–Crippen MR) is 280 cm³/mol. The van der Waals surface area contributed by atoms with Crippen LogP contribution in [0.4, 0.5) is 0 Å². The number of H-pyrrole nitrogens is 3. The molecule has 0 fully saturated rings. The van der Waals surface area contributed by atoms with Crippen LogP contribution in [0.15, 0.2) is 92.3 Å². The van der Waals surface area contributed by atoms with E-state index in [-0.39, 0.29) is 62.4 Å². The Balaban J connectivity index is 0.000000178. The number of benzene rings is 4. The summed E-state index contributed by atoms with van der Waals surface area (Å²) in [6.07, 6.45) is 0. The van der Waals surface area contributed by atoms with E-state index in [1.165, 1.54) is 19.1 Å². The first-order valence-electron chi connectivity index (χ1n) is 23.2. The summed E-state index contributed by atoms with van der Waals surface area (Å²) in [4.78, 5) is 97.2. The van der Waals surface area contributed by atoms with E-state index in [9.17, 15) is 38.4 Å². The molecule has 1 atom stereocenters. The molecule has 1 aliphatic heterocycles. The third-order valence-electron chi connectivity index (χ3n) is 12.4. The molecule has 16 nitrogen and oxygen atoms in total. The predicted octanol–water partition coefficient (Wildman–Crippen LogP) is 7.56. The van der Waals surface area contributed by atoms with Gasteiger partial charge in [0.2, 0.25) is 17.3 Å². The Morgan fingerprint density at radius 2 is 0.681 bits per heavy atom. The second-order valence-corrected chi connectivity index (χ2v) is 18.6. The summed E-state index contributed by atoms with van der Waals surface area (Å²) in [5.41, 5.74) is 12.5. The summed E-state index contributed by atoms with van der Waals surface area (Å²) < 4.78 is 3.98. The van der Waals surface area contributed by atoms with Gasteiger partial charge in [0.25, 0.3) is 22.6 Å². The lowest BCUT2D eigenvalue weighted by Crippen LogP contribution is -2.31. The Bertz CT molecular complexity index is 3230. The molecular weight excluding hydrogens is 913 g/mol. The Hall–Kier alpha value is -8.27. The first-order valence-corrected chi connectivity index (χ1v) is 23.2. The topological polar surface area (TPSA) is 214 Å². The van der Waals surface area contributed by atoms with Gasteiger partial charge >= 0.3 is 0 Å². The maximum Gasteiger partial charge on any atom is 0.277 e. The fourth-order valence-corrected chi connectivity index (χ4v) is 8.73. The van der Waals surface area contributed by atoms with E-state index < -0.39 is 5.92 Å². The molecule has 16 heteroatoms. The van der Waals surface area contributed by atoms with Crippen molar-refractivity contribution in [2.24, 2.45) is 32.2 Å². The van der Waals surface area contributed by atoms with Crippen molar-refractivity contribution >= 4 is 34.8 Å². The van der Waals surface area contributed by atoms with Crippen LogP contribution >= 0.6 is 0 Å². The fourth-order valence-electron chi connectivity index (χ4n) is 8.73. The summed E-state index contributed by atoms with van der Waals surface area (Å²) in [5, 5.41) is 13.8. The number of aryl methyl sites for hydroxylation is 14. The SMILES string of the molecule is CC1=NN(C)C(=O)C1C(=O)c1ccc(C)cc1C.Cc1ccc(C(=O)c2c(C)[nH]n(C)c2=O)c(C)c1.Cc1ccc(C(=O)c2c(C)[nH]n(C)c2=O)c(C)c1.Cc1ccc(C(=O)c2c(C)[nH]n(C)c2=O)c(C)c1. The number of hydrazone groups is 1. The highest BCUT2D eigenvalue weighted by Crippen LogP contribution is 2.23. The highest BCUT2D eigenvalue weighted by Gasteiger charge is 2.38. The molecule has 0 spiro atoms. The average Bonchev–Trinajstić information content (AvgIpc) is 3.91. The number of hydrogen-bond acceptors (Lipinski definition) is 9.